The molecule has 2 heterocycles. The molecule has 0 fully saturated rings. The van der Waals surface area contributed by atoms with Crippen molar-refractivity contribution in [2.45, 2.75) is 11.5 Å². The number of benzene rings is 1. The summed E-state index contributed by atoms with van der Waals surface area (Å²) in [5, 5.41) is 14.4. The Bertz CT molecular complexity index is 1110. The smallest absolute Gasteiger partial charge is 0.340 e. The van der Waals surface area contributed by atoms with Gasteiger partial charge in [0.1, 0.15) is 6.61 Å². The molecule has 0 radical (unpaired) electrons. The predicted molar refractivity (Wildman–Crippen MR) is 112 cm³/mol. The van der Waals surface area contributed by atoms with Gasteiger partial charge in [0.25, 0.3) is 0 Å². The Morgan fingerprint density at radius 2 is 2.13 bits per heavy atom. The van der Waals surface area contributed by atoms with Crippen LogP contribution in [0.2, 0.25) is 0 Å². The molecular weight excluding hydrogens is 430 g/mol. The molecule has 0 aliphatic heterocycles. The molecule has 0 saturated carbocycles. The van der Waals surface area contributed by atoms with Gasteiger partial charge in [0, 0.05) is 31.7 Å². The second-order valence-electron chi connectivity index (χ2n) is 6.34. The number of furan rings is 1. The molecule has 9 nitrogen and oxygen atoms in total. The maximum absolute atomic E-state index is 12.7. The van der Waals surface area contributed by atoms with Crippen LogP contribution in [0.3, 0.4) is 0 Å². The summed E-state index contributed by atoms with van der Waals surface area (Å²) in [7, 11) is -0.918. The van der Waals surface area contributed by atoms with E-state index in [4.69, 9.17) is 14.3 Å². The van der Waals surface area contributed by atoms with Crippen LogP contribution in [0.25, 0.3) is 10.8 Å². The first-order valence-corrected chi connectivity index (χ1v) is 11.2. The van der Waals surface area contributed by atoms with Crippen LogP contribution in [-0.4, -0.2) is 56.0 Å². The molecule has 0 atom stereocenters. The number of esters is 1. The van der Waals surface area contributed by atoms with Gasteiger partial charge < -0.3 is 19.6 Å². The molecule has 0 unspecified atom stereocenters. The summed E-state index contributed by atoms with van der Waals surface area (Å²) in [5.41, 5.74) is 0.954. The fraction of sp³-hybridized carbons (Fsp3) is 0.263. The number of hydrogen-bond acceptors (Lipinski definition) is 9. The Hall–Kier alpha value is -2.73. The van der Waals surface area contributed by atoms with Crippen LogP contribution in [0.5, 0.6) is 0 Å². The third-order valence-corrected chi connectivity index (χ3v) is 6.77. The van der Waals surface area contributed by atoms with E-state index in [1.165, 1.54) is 43.6 Å². The second kappa shape index (κ2) is 9.39. The van der Waals surface area contributed by atoms with Crippen LogP contribution in [0, 0.1) is 0 Å². The zero-order valence-electron chi connectivity index (χ0n) is 16.4. The molecule has 30 heavy (non-hydrogen) atoms. The van der Waals surface area contributed by atoms with Crippen LogP contribution in [-0.2, 0) is 21.4 Å². The standard InChI is InChI=1S/C19H21N3O6S2/c1-22(2)30(25,26)14-5-6-16(20-7-8-23)15(10-14)19(24)28-11-13-12-29-18(21-13)17-4-3-9-27-17/h3-6,9-10,12,20,23H,7-8,11H2,1-2H3. The summed E-state index contributed by atoms with van der Waals surface area (Å²) in [6.45, 7) is -0.0423. The van der Waals surface area contributed by atoms with Gasteiger partial charge in [0.05, 0.1) is 29.0 Å². The van der Waals surface area contributed by atoms with E-state index in [-0.39, 0.29) is 30.2 Å². The third-order valence-electron chi connectivity index (χ3n) is 4.05. The van der Waals surface area contributed by atoms with E-state index >= 15 is 0 Å². The SMILES string of the molecule is CN(C)S(=O)(=O)c1ccc(NCCO)c(C(=O)OCc2csc(-c3ccco3)n2)c1. The molecule has 0 aliphatic rings. The monoisotopic (exact) mass is 451 g/mol. The Morgan fingerprint density at radius 3 is 2.80 bits per heavy atom. The highest BCUT2D eigenvalue weighted by Crippen LogP contribution is 2.26. The molecular formula is C19H21N3O6S2. The number of sulfonamides is 1. The molecule has 0 amide bonds. The number of rotatable bonds is 9. The highest BCUT2D eigenvalue weighted by Gasteiger charge is 2.22. The number of anilines is 1. The van der Waals surface area contributed by atoms with E-state index in [2.05, 4.69) is 10.3 Å². The first-order chi connectivity index (χ1) is 14.3. The molecule has 160 valence electrons. The predicted octanol–water partition coefficient (Wildman–Crippen LogP) is 2.41. The number of hydrogen-bond donors (Lipinski definition) is 2. The zero-order chi connectivity index (χ0) is 21.7. The Labute approximate surface area is 178 Å². The Kier molecular flexibility index (Phi) is 6.87. The fourth-order valence-corrected chi connectivity index (χ4v) is 4.21. The van der Waals surface area contributed by atoms with Gasteiger partial charge in [-0.05, 0) is 30.3 Å². The van der Waals surface area contributed by atoms with Crippen LogP contribution < -0.4 is 5.32 Å². The Balaban J connectivity index is 1.80. The summed E-state index contributed by atoms with van der Waals surface area (Å²) in [6, 6.07) is 7.66. The van der Waals surface area contributed by atoms with E-state index in [9.17, 15) is 13.2 Å². The number of carbonyl (C=O) groups excluding carboxylic acids is 1. The van der Waals surface area contributed by atoms with Crippen molar-refractivity contribution in [2.75, 3.05) is 32.6 Å². The van der Waals surface area contributed by atoms with Crippen molar-refractivity contribution in [1.29, 1.82) is 0 Å². The van der Waals surface area contributed by atoms with Crippen molar-refractivity contribution in [3.8, 4) is 10.8 Å². The largest absolute Gasteiger partial charge is 0.462 e. The number of aliphatic hydroxyl groups excluding tert-OH is 1. The zero-order valence-corrected chi connectivity index (χ0v) is 18.0. The molecule has 2 aromatic heterocycles. The van der Waals surface area contributed by atoms with Crippen molar-refractivity contribution in [3.63, 3.8) is 0 Å². The molecule has 2 N–H and O–H groups in total. The summed E-state index contributed by atoms with van der Waals surface area (Å²) < 4.78 is 36.6. The third kappa shape index (κ3) is 4.87. The van der Waals surface area contributed by atoms with E-state index in [0.29, 0.717) is 22.1 Å². The summed E-state index contributed by atoms with van der Waals surface area (Å²) >= 11 is 1.36. The van der Waals surface area contributed by atoms with Gasteiger partial charge in [0.2, 0.25) is 10.0 Å². The number of thiazole rings is 1. The lowest BCUT2D eigenvalue weighted by atomic mass is 10.2. The molecule has 0 aliphatic carbocycles. The minimum atomic E-state index is -3.73. The fourth-order valence-electron chi connectivity index (χ4n) is 2.51. The van der Waals surface area contributed by atoms with E-state index in [1.54, 1.807) is 23.8 Å². The summed E-state index contributed by atoms with van der Waals surface area (Å²) in [4.78, 5) is 17.0. The molecule has 0 saturated heterocycles. The van der Waals surface area contributed by atoms with Gasteiger partial charge >= 0.3 is 5.97 Å². The first-order valence-electron chi connectivity index (χ1n) is 8.89. The number of nitrogens with one attached hydrogen (secondary N) is 1. The Morgan fingerprint density at radius 1 is 1.33 bits per heavy atom. The summed E-state index contributed by atoms with van der Waals surface area (Å²) in [6.07, 6.45) is 1.55. The van der Waals surface area contributed by atoms with Crippen LogP contribution >= 0.6 is 11.3 Å². The average molecular weight is 452 g/mol. The molecule has 11 heteroatoms. The van der Waals surface area contributed by atoms with Gasteiger partial charge in [-0.15, -0.1) is 11.3 Å². The topological polar surface area (TPSA) is 122 Å². The second-order valence-corrected chi connectivity index (χ2v) is 9.35. The van der Waals surface area contributed by atoms with E-state index in [1.807, 2.05) is 0 Å². The van der Waals surface area contributed by atoms with Gasteiger partial charge in [0.15, 0.2) is 10.8 Å². The normalized spacial score (nSPS) is 11.6. The van der Waals surface area contributed by atoms with Gasteiger partial charge in [-0.3, -0.25) is 0 Å². The van der Waals surface area contributed by atoms with Crippen LogP contribution in [0.15, 0.2) is 51.3 Å². The maximum Gasteiger partial charge on any atom is 0.340 e. The number of ether oxygens (including phenoxy) is 1. The van der Waals surface area contributed by atoms with Gasteiger partial charge in [-0.25, -0.2) is 22.5 Å². The molecule has 0 spiro atoms. The van der Waals surface area contributed by atoms with E-state index < -0.39 is 16.0 Å². The number of nitrogens with zero attached hydrogens (tertiary/aromatic N) is 2. The van der Waals surface area contributed by atoms with Crippen LogP contribution in [0.1, 0.15) is 16.1 Å². The van der Waals surface area contributed by atoms with Gasteiger partial charge in [-0.1, -0.05) is 0 Å². The number of aromatic nitrogens is 1. The van der Waals surface area contributed by atoms with Crippen molar-refractivity contribution in [3.05, 3.63) is 53.2 Å². The van der Waals surface area contributed by atoms with Crippen molar-refractivity contribution in [2.24, 2.45) is 0 Å². The lowest BCUT2D eigenvalue weighted by Crippen LogP contribution is -2.23. The maximum atomic E-state index is 12.7. The van der Waals surface area contributed by atoms with Crippen LogP contribution in [0.4, 0.5) is 5.69 Å². The van der Waals surface area contributed by atoms with E-state index in [0.717, 1.165) is 4.31 Å². The lowest BCUT2D eigenvalue weighted by molar-refractivity contribution is 0.0469. The first kappa shape index (κ1) is 22.0. The number of carbonyl (C=O) groups is 1. The number of aliphatic hydroxyl groups is 1. The average Bonchev–Trinajstić information content (AvgIpc) is 3.41. The minimum absolute atomic E-state index is 0.0391. The summed E-state index contributed by atoms with van der Waals surface area (Å²) in [5.74, 6) is -0.0894. The lowest BCUT2D eigenvalue weighted by Gasteiger charge is -2.15. The molecule has 1 aromatic carbocycles. The van der Waals surface area contributed by atoms with Crippen molar-refractivity contribution < 1.29 is 27.5 Å². The molecule has 0 bridgehead atoms. The quantitative estimate of drug-likeness (QED) is 0.476. The van der Waals surface area contributed by atoms with Gasteiger partial charge in [-0.2, -0.15) is 0 Å². The highest BCUT2D eigenvalue weighted by atomic mass is 32.2. The van der Waals surface area contributed by atoms with Crippen molar-refractivity contribution >= 4 is 33.0 Å². The molecule has 3 rings (SSSR count). The minimum Gasteiger partial charge on any atom is -0.462 e. The molecule has 3 aromatic rings. The van der Waals surface area contributed by atoms with Crippen molar-refractivity contribution in [1.82, 2.24) is 9.29 Å². The highest BCUT2D eigenvalue weighted by molar-refractivity contribution is 7.89.